The second-order valence-corrected chi connectivity index (χ2v) is 10.1. The van der Waals surface area contributed by atoms with Gasteiger partial charge in [-0.25, -0.2) is 13.4 Å². The molecule has 3 heterocycles. The third-order valence-electron chi connectivity index (χ3n) is 5.17. The van der Waals surface area contributed by atoms with Crippen molar-refractivity contribution >= 4 is 53.5 Å². The SMILES string of the molecule is O=C(Nc1nc2ccc(S(=O)(=O)N3CCCC3)cc2s1)c1cccc2ncccc12. The van der Waals surface area contributed by atoms with Crippen LogP contribution in [0, 0.1) is 0 Å². The van der Waals surface area contributed by atoms with Crippen molar-refractivity contribution in [1.82, 2.24) is 14.3 Å². The highest BCUT2D eigenvalue weighted by Gasteiger charge is 2.27. The van der Waals surface area contributed by atoms with Crippen LogP contribution >= 0.6 is 11.3 Å². The predicted molar refractivity (Wildman–Crippen MR) is 117 cm³/mol. The minimum atomic E-state index is -3.49. The molecule has 5 rings (SSSR count). The van der Waals surface area contributed by atoms with Crippen LogP contribution in [0.3, 0.4) is 0 Å². The first kappa shape index (κ1) is 19.1. The van der Waals surface area contributed by atoms with Crippen molar-refractivity contribution in [1.29, 1.82) is 0 Å². The molecule has 1 saturated heterocycles. The standard InChI is InChI=1S/C21H18N4O3S2/c26-20(16-5-3-7-17-15(16)6-4-10-22-17)24-21-23-18-9-8-14(13-19(18)29-21)30(27,28)25-11-1-2-12-25/h3-10,13H,1-2,11-12H2,(H,23,24,26). The van der Waals surface area contributed by atoms with Gasteiger partial charge in [-0.2, -0.15) is 4.31 Å². The fraction of sp³-hybridized carbons (Fsp3) is 0.190. The van der Waals surface area contributed by atoms with Crippen molar-refractivity contribution in [3.8, 4) is 0 Å². The number of hydrogen-bond acceptors (Lipinski definition) is 6. The summed E-state index contributed by atoms with van der Waals surface area (Å²) in [6.07, 6.45) is 3.47. The Balaban J connectivity index is 1.45. The topological polar surface area (TPSA) is 92.3 Å². The van der Waals surface area contributed by atoms with E-state index in [1.807, 2.05) is 12.1 Å². The zero-order valence-electron chi connectivity index (χ0n) is 15.9. The molecule has 0 aliphatic carbocycles. The molecule has 4 aromatic rings. The van der Waals surface area contributed by atoms with Crippen molar-refractivity contribution in [2.45, 2.75) is 17.7 Å². The zero-order chi connectivity index (χ0) is 20.7. The highest BCUT2D eigenvalue weighted by molar-refractivity contribution is 7.89. The van der Waals surface area contributed by atoms with E-state index in [0.717, 1.165) is 23.7 Å². The number of sulfonamides is 1. The predicted octanol–water partition coefficient (Wildman–Crippen LogP) is 3.88. The number of rotatable bonds is 4. The maximum absolute atomic E-state index is 12.8. The number of thiazole rings is 1. The van der Waals surface area contributed by atoms with Crippen LogP contribution in [-0.4, -0.2) is 41.7 Å². The summed E-state index contributed by atoms with van der Waals surface area (Å²) in [5, 5.41) is 4.02. The van der Waals surface area contributed by atoms with Gasteiger partial charge < -0.3 is 0 Å². The molecule has 0 saturated carbocycles. The lowest BCUT2D eigenvalue weighted by Gasteiger charge is -2.15. The van der Waals surface area contributed by atoms with Crippen LogP contribution in [0.25, 0.3) is 21.1 Å². The van der Waals surface area contributed by atoms with Crippen LogP contribution in [-0.2, 0) is 10.0 Å². The van der Waals surface area contributed by atoms with E-state index in [1.165, 1.54) is 15.6 Å². The van der Waals surface area contributed by atoms with Crippen molar-refractivity contribution in [3.63, 3.8) is 0 Å². The Hall–Kier alpha value is -2.88. The number of nitrogens with zero attached hydrogens (tertiary/aromatic N) is 3. The van der Waals surface area contributed by atoms with Gasteiger partial charge in [0.05, 0.1) is 20.6 Å². The third kappa shape index (κ3) is 3.34. The number of amides is 1. The highest BCUT2D eigenvalue weighted by atomic mass is 32.2. The summed E-state index contributed by atoms with van der Waals surface area (Å²) < 4.78 is 27.8. The average molecular weight is 439 g/mol. The van der Waals surface area contributed by atoms with Crippen LogP contribution in [0.2, 0.25) is 0 Å². The van der Waals surface area contributed by atoms with Crippen molar-refractivity contribution in [3.05, 3.63) is 60.3 Å². The number of fused-ring (bicyclic) bond motifs is 2. The summed E-state index contributed by atoms with van der Waals surface area (Å²) in [4.78, 5) is 21.8. The zero-order valence-corrected chi connectivity index (χ0v) is 17.5. The van der Waals surface area contributed by atoms with Gasteiger partial charge in [-0.15, -0.1) is 0 Å². The Bertz CT molecular complexity index is 1370. The van der Waals surface area contributed by atoms with E-state index in [0.29, 0.717) is 34.0 Å². The number of anilines is 1. The van der Waals surface area contributed by atoms with Crippen LogP contribution < -0.4 is 5.32 Å². The summed E-state index contributed by atoms with van der Waals surface area (Å²) >= 11 is 1.26. The van der Waals surface area contributed by atoms with E-state index in [4.69, 9.17) is 0 Å². The molecule has 1 N–H and O–H groups in total. The van der Waals surface area contributed by atoms with Gasteiger partial charge in [0.2, 0.25) is 10.0 Å². The first-order chi connectivity index (χ1) is 14.5. The Morgan fingerprint density at radius 3 is 2.70 bits per heavy atom. The van der Waals surface area contributed by atoms with Gasteiger partial charge in [-0.1, -0.05) is 23.5 Å². The summed E-state index contributed by atoms with van der Waals surface area (Å²) in [5.41, 5.74) is 1.90. The normalized spacial score (nSPS) is 15.1. The number of benzene rings is 2. The second-order valence-electron chi connectivity index (χ2n) is 7.09. The number of aromatic nitrogens is 2. The molecule has 1 aliphatic heterocycles. The minimum absolute atomic E-state index is 0.263. The third-order valence-corrected chi connectivity index (χ3v) is 8.00. The molecule has 0 spiro atoms. The smallest absolute Gasteiger partial charge is 0.258 e. The largest absolute Gasteiger partial charge is 0.298 e. The fourth-order valence-electron chi connectivity index (χ4n) is 3.66. The molecule has 7 nitrogen and oxygen atoms in total. The van der Waals surface area contributed by atoms with Crippen LogP contribution in [0.15, 0.2) is 59.6 Å². The number of hydrogen-bond donors (Lipinski definition) is 1. The van der Waals surface area contributed by atoms with E-state index in [-0.39, 0.29) is 10.8 Å². The lowest BCUT2D eigenvalue weighted by molar-refractivity contribution is 0.102. The van der Waals surface area contributed by atoms with Crippen molar-refractivity contribution < 1.29 is 13.2 Å². The number of pyridine rings is 1. The number of carbonyl (C=O) groups excluding carboxylic acids is 1. The number of nitrogens with one attached hydrogen (secondary N) is 1. The second kappa shape index (κ2) is 7.42. The summed E-state index contributed by atoms with van der Waals surface area (Å²) in [6, 6.07) is 13.9. The first-order valence-corrected chi connectivity index (χ1v) is 11.8. The molecule has 1 aliphatic rings. The lowest BCUT2D eigenvalue weighted by Crippen LogP contribution is -2.27. The average Bonchev–Trinajstić information content (AvgIpc) is 3.42. The number of carbonyl (C=O) groups is 1. The van der Waals surface area contributed by atoms with Crippen LogP contribution in [0.5, 0.6) is 0 Å². The van der Waals surface area contributed by atoms with E-state index in [9.17, 15) is 13.2 Å². The van der Waals surface area contributed by atoms with Crippen LogP contribution in [0.4, 0.5) is 5.13 Å². The molecule has 0 radical (unpaired) electrons. The van der Waals surface area contributed by atoms with Gasteiger partial charge in [0.1, 0.15) is 0 Å². The maximum Gasteiger partial charge on any atom is 0.258 e. The first-order valence-electron chi connectivity index (χ1n) is 9.58. The Morgan fingerprint density at radius 2 is 1.87 bits per heavy atom. The molecule has 9 heteroatoms. The van der Waals surface area contributed by atoms with Gasteiger partial charge in [0.25, 0.3) is 5.91 Å². The van der Waals surface area contributed by atoms with Crippen LogP contribution in [0.1, 0.15) is 23.2 Å². The molecule has 0 bridgehead atoms. The molecule has 1 amide bonds. The molecular formula is C21H18N4O3S2. The molecule has 0 atom stereocenters. The van der Waals surface area contributed by atoms with Crippen molar-refractivity contribution in [2.24, 2.45) is 0 Å². The molecule has 2 aromatic carbocycles. The van der Waals surface area contributed by atoms with Crippen molar-refractivity contribution in [2.75, 3.05) is 18.4 Å². The van der Waals surface area contributed by atoms with E-state index in [2.05, 4.69) is 15.3 Å². The Morgan fingerprint density at radius 1 is 1.03 bits per heavy atom. The maximum atomic E-state index is 12.8. The molecular weight excluding hydrogens is 420 g/mol. The van der Waals surface area contributed by atoms with E-state index < -0.39 is 10.0 Å². The van der Waals surface area contributed by atoms with Gasteiger partial charge in [-0.3, -0.25) is 15.1 Å². The van der Waals surface area contributed by atoms with Gasteiger partial charge >= 0.3 is 0 Å². The Kier molecular flexibility index (Phi) is 4.73. The summed E-state index contributed by atoms with van der Waals surface area (Å²) in [7, 11) is -3.49. The van der Waals surface area contributed by atoms with Gasteiger partial charge in [0, 0.05) is 30.2 Å². The highest BCUT2D eigenvalue weighted by Crippen LogP contribution is 2.30. The monoisotopic (exact) mass is 438 g/mol. The molecule has 152 valence electrons. The quantitative estimate of drug-likeness (QED) is 0.522. The lowest BCUT2D eigenvalue weighted by atomic mass is 10.1. The minimum Gasteiger partial charge on any atom is -0.298 e. The molecule has 30 heavy (non-hydrogen) atoms. The summed E-state index contributed by atoms with van der Waals surface area (Å²) in [6.45, 7) is 1.12. The fourth-order valence-corrected chi connectivity index (χ4v) is 6.18. The van der Waals surface area contributed by atoms with E-state index >= 15 is 0 Å². The van der Waals surface area contributed by atoms with E-state index in [1.54, 1.807) is 42.6 Å². The summed E-state index contributed by atoms with van der Waals surface area (Å²) in [5.74, 6) is -0.280. The Labute approximate surface area is 177 Å². The van der Waals surface area contributed by atoms with Gasteiger partial charge in [-0.05, 0) is 49.2 Å². The molecule has 1 fully saturated rings. The van der Waals surface area contributed by atoms with Gasteiger partial charge in [0.15, 0.2) is 5.13 Å². The molecule has 0 unspecified atom stereocenters. The molecule has 2 aromatic heterocycles.